The van der Waals surface area contributed by atoms with E-state index in [2.05, 4.69) is 19.9 Å². The number of benzene rings is 1. The van der Waals surface area contributed by atoms with Gasteiger partial charge in [-0.15, -0.1) is 11.6 Å². The summed E-state index contributed by atoms with van der Waals surface area (Å²) in [5.74, 6) is 1.53. The summed E-state index contributed by atoms with van der Waals surface area (Å²) < 4.78 is 5.33. The van der Waals surface area contributed by atoms with E-state index >= 15 is 0 Å². The van der Waals surface area contributed by atoms with Crippen molar-refractivity contribution >= 4 is 11.6 Å². The fraction of sp³-hybridized carbons (Fsp3) is 0.571. The molecule has 1 atom stereocenters. The quantitative estimate of drug-likeness (QED) is 0.675. The molecule has 0 radical (unpaired) electrons. The second-order valence-corrected chi connectivity index (χ2v) is 4.67. The zero-order chi connectivity index (χ0) is 12.0. The Hall–Kier alpha value is -0.690. The summed E-state index contributed by atoms with van der Waals surface area (Å²) in [7, 11) is 1.71. The molecule has 16 heavy (non-hydrogen) atoms. The number of halogens is 1. The first kappa shape index (κ1) is 13.4. The van der Waals surface area contributed by atoms with Crippen molar-refractivity contribution in [2.75, 3.05) is 7.11 Å². The number of alkyl halides is 1. The number of ether oxygens (including phenoxy) is 1. The first-order valence-electron chi connectivity index (χ1n) is 5.98. The van der Waals surface area contributed by atoms with E-state index in [0.29, 0.717) is 5.92 Å². The Kier molecular flexibility index (Phi) is 5.68. The topological polar surface area (TPSA) is 9.23 Å². The summed E-state index contributed by atoms with van der Waals surface area (Å²) >= 11 is 6.46. The largest absolute Gasteiger partial charge is 0.496 e. The van der Waals surface area contributed by atoms with Crippen LogP contribution >= 0.6 is 11.6 Å². The molecule has 0 aliphatic rings. The second-order valence-electron chi connectivity index (χ2n) is 4.11. The van der Waals surface area contributed by atoms with Crippen LogP contribution in [0.4, 0.5) is 0 Å². The van der Waals surface area contributed by atoms with Gasteiger partial charge in [0.2, 0.25) is 0 Å². The number of methoxy groups -OCH3 is 1. The van der Waals surface area contributed by atoms with Crippen LogP contribution in [0.2, 0.25) is 0 Å². The smallest absolute Gasteiger partial charge is 0.122 e. The molecule has 1 nitrogen and oxygen atoms in total. The molecule has 0 bridgehead atoms. The monoisotopic (exact) mass is 240 g/mol. The number of hydrogen-bond donors (Lipinski definition) is 0. The number of rotatable bonds is 6. The maximum atomic E-state index is 6.46. The minimum atomic E-state index is 0.200. The molecule has 1 unspecified atom stereocenters. The molecule has 0 spiro atoms. The van der Waals surface area contributed by atoms with Crippen LogP contribution in [-0.4, -0.2) is 12.5 Å². The van der Waals surface area contributed by atoms with Crippen LogP contribution in [0.3, 0.4) is 0 Å². The van der Waals surface area contributed by atoms with Crippen LogP contribution < -0.4 is 4.74 Å². The average molecular weight is 241 g/mol. The van der Waals surface area contributed by atoms with E-state index in [1.54, 1.807) is 7.11 Å². The van der Waals surface area contributed by atoms with Crippen molar-refractivity contribution in [2.24, 2.45) is 5.92 Å². The van der Waals surface area contributed by atoms with E-state index in [0.717, 1.165) is 25.0 Å². The Labute approximate surface area is 104 Å². The molecule has 0 fully saturated rings. The van der Waals surface area contributed by atoms with E-state index in [-0.39, 0.29) is 5.38 Å². The van der Waals surface area contributed by atoms with Crippen LogP contribution in [0.15, 0.2) is 24.3 Å². The van der Waals surface area contributed by atoms with Gasteiger partial charge >= 0.3 is 0 Å². The predicted octanol–water partition coefficient (Wildman–Crippen LogP) is 4.28. The van der Waals surface area contributed by atoms with Gasteiger partial charge in [-0.2, -0.15) is 0 Å². The zero-order valence-electron chi connectivity index (χ0n) is 10.4. The molecular weight excluding hydrogens is 220 g/mol. The van der Waals surface area contributed by atoms with Gasteiger partial charge in [0.1, 0.15) is 5.75 Å². The summed E-state index contributed by atoms with van der Waals surface area (Å²) in [5, 5.41) is 0.200. The molecule has 90 valence electrons. The molecule has 1 rings (SSSR count). The summed E-state index contributed by atoms with van der Waals surface area (Å²) in [6.45, 7) is 4.40. The molecule has 1 aromatic rings. The van der Waals surface area contributed by atoms with Crippen LogP contribution in [-0.2, 0) is 6.42 Å². The van der Waals surface area contributed by atoms with E-state index in [4.69, 9.17) is 16.3 Å². The van der Waals surface area contributed by atoms with E-state index in [9.17, 15) is 0 Å². The number of para-hydroxylation sites is 1. The van der Waals surface area contributed by atoms with Crippen LogP contribution in [0.5, 0.6) is 5.75 Å². The van der Waals surface area contributed by atoms with Crippen LogP contribution in [0.25, 0.3) is 0 Å². The van der Waals surface area contributed by atoms with Gasteiger partial charge in [-0.05, 0) is 24.0 Å². The van der Waals surface area contributed by atoms with E-state index in [1.165, 1.54) is 5.56 Å². The SMILES string of the molecule is CCC(CC)C(Cl)Cc1ccccc1OC. The lowest BCUT2D eigenvalue weighted by Crippen LogP contribution is -2.16. The van der Waals surface area contributed by atoms with Crippen molar-refractivity contribution in [3.8, 4) is 5.75 Å². The first-order valence-corrected chi connectivity index (χ1v) is 6.42. The fourth-order valence-electron chi connectivity index (χ4n) is 2.05. The minimum Gasteiger partial charge on any atom is -0.496 e. The minimum absolute atomic E-state index is 0.200. The molecule has 0 heterocycles. The molecule has 1 aromatic carbocycles. The molecule has 0 saturated carbocycles. The van der Waals surface area contributed by atoms with Gasteiger partial charge in [0, 0.05) is 5.38 Å². The normalized spacial score (nSPS) is 12.8. The lowest BCUT2D eigenvalue weighted by Gasteiger charge is -2.20. The van der Waals surface area contributed by atoms with Gasteiger partial charge in [0.15, 0.2) is 0 Å². The third kappa shape index (κ3) is 3.41. The van der Waals surface area contributed by atoms with Gasteiger partial charge in [-0.25, -0.2) is 0 Å². The Morgan fingerprint density at radius 2 is 1.81 bits per heavy atom. The predicted molar refractivity (Wildman–Crippen MR) is 70.4 cm³/mol. The highest BCUT2D eigenvalue weighted by Crippen LogP contribution is 2.26. The summed E-state index contributed by atoms with van der Waals surface area (Å²) in [6.07, 6.45) is 3.16. The van der Waals surface area contributed by atoms with Crippen molar-refractivity contribution < 1.29 is 4.74 Å². The molecule has 0 N–H and O–H groups in total. The van der Waals surface area contributed by atoms with Crippen molar-refractivity contribution in [1.82, 2.24) is 0 Å². The zero-order valence-corrected chi connectivity index (χ0v) is 11.1. The molecule has 0 aliphatic carbocycles. The Balaban J connectivity index is 2.71. The maximum absolute atomic E-state index is 6.46. The Morgan fingerprint density at radius 1 is 1.19 bits per heavy atom. The molecule has 2 heteroatoms. The van der Waals surface area contributed by atoms with Crippen molar-refractivity contribution in [3.05, 3.63) is 29.8 Å². The highest BCUT2D eigenvalue weighted by Gasteiger charge is 2.17. The lowest BCUT2D eigenvalue weighted by molar-refractivity contribution is 0.404. The molecule has 0 aromatic heterocycles. The lowest BCUT2D eigenvalue weighted by atomic mass is 9.94. The first-order chi connectivity index (χ1) is 7.72. The summed E-state index contributed by atoms with van der Waals surface area (Å²) in [6, 6.07) is 8.11. The maximum Gasteiger partial charge on any atom is 0.122 e. The van der Waals surface area contributed by atoms with Gasteiger partial charge in [-0.3, -0.25) is 0 Å². The third-order valence-corrected chi connectivity index (χ3v) is 3.68. The van der Waals surface area contributed by atoms with Gasteiger partial charge < -0.3 is 4.74 Å². The fourth-order valence-corrected chi connectivity index (χ4v) is 2.57. The van der Waals surface area contributed by atoms with Gasteiger partial charge in [0.05, 0.1) is 7.11 Å². The molecule has 0 aliphatic heterocycles. The van der Waals surface area contributed by atoms with Gasteiger partial charge in [-0.1, -0.05) is 44.9 Å². The number of hydrogen-bond acceptors (Lipinski definition) is 1. The van der Waals surface area contributed by atoms with Crippen molar-refractivity contribution in [2.45, 2.75) is 38.5 Å². The second kappa shape index (κ2) is 6.80. The Bertz CT molecular complexity index is 307. The summed E-state index contributed by atoms with van der Waals surface area (Å²) in [5.41, 5.74) is 1.21. The van der Waals surface area contributed by atoms with Crippen molar-refractivity contribution in [3.63, 3.8) is 0 Å². The highest BCUT2D eigenvalue weighted by molar-refractivity contribution is 6.20. The molecular formula is C14H21ClO. The Morgan fingerprint density at radius 3 is 2.38 bits per heavy atom. The third-order valence-electron chi connectivity index (χ3n) is 3.17. The van der Waals surface area contributed by atoms with Crippen LogP contribution in [0.1, 0.15) is 32.3 Å². The van der Waals surface area contributed by atoms with Crippen molar-refractivity contribution in [1.29, 1.82) is 0 Å². The standard InChI is InChI=1S/C14H21ClO/c1-4-11(5-2)13(15)10-12-8-6-7-9-14(12)16-3/h6-9,11,13H,4-5,10H2,1-3H3. The molecule has 0 saturated heterocycles. The highest BCUT2D eigenvalue weighted by atomic mass is 35.5. The summed E-state index contributed by atoms with van der Waals surface area (Å²) in [4.78, 5) is 0. The van der Waals surface area contributed by atoms with E-state index < -0.39 is 0 Å². The van der Waals surface area contributed by atoms with Gasteiger partial charge in [0.25, 0.3) is 0 Å². The molecule has 0 amide bonds. The van der Waals surface area contributed by atoms with E-state index in [1.807, 2.05) is 18.2 Å². The average Bonchev–Trinajstić information content (AvgIpc) is 2.31. The van der Waals surface area contributed by atoms with Crippen LogP contribution in [0, 0.1) is 5.92 Å².